The fourth-order valence-corrected chi connectivity index (χ4v) is 4.91. The van der Waals surface area contributed by atoms with E-state index in [4.69, 9.17) is 0 Å². The van der Waals surface area contributed by atoms with Crippen LogP contribution in [0, 0.1) is 0 Å². The van der Waals surface area contributed by atoms with Gasteiger partial charge in [0.05, 0.1) is 10.5 Å². The number of nitrogens with zero attached hydrogens (tertiary/aromatic N) is 2. The van der Waals surface area contributed by atoms with Crippen LogP contribution in [0.3, 0.4) is 0 Å². The van der Waals surface area contributed by atoms with Crippen molar-refractivity contribution in [3.63, 3.8) is 0 Å². The van der Waals surface area contributed by atoms with E-state index in [2.05, 4.69) is 5.32 Å². The monoisotopic (exact) mass is 455 g/mol. The molecule has 1 N–H and O–H groups in total. The molecule has 1 aliphatic heterocycles. The number of alkyl halides is 3. The van der Waals surface area contributed by atoms with E-state index in [-0.39, 0.29) is 38.0 Å². The Hall–Kier alpha value is -2.92. The topological polar surface area (TPSA) is 86.8 Å². The molecule has 0 saturated carbocycles. The minimum atomic E-state index is -4.80. The number of anilines is 1. The summed E-state index contributed by atoms with van der Waals surface area (Å²) in [5.41, 5.74) is -0.330. The van der Waals surface area contributed by atoms with Gasteiger partial charge in [-0.3, -0.25) is 9.59 Å². The zero-order chi connectivity index (χ0) is 22.8. The molecule has 0 atom stereocenters. The second-order valence-electron chi connectivity index (χ2n) is 6.95. The maximum Gasteiger partial charge on any atom is 0.417 e. The number of amides is 2. The minimum Gasteiger partial charge on any atom is -0.336 e. The molecule has 0 aliphatic carbocycles. The van der Waals surface area contributed by atoms with Crippen LogP contribution in [0.2, 0.25) is 0 Å². The molecule has 2 aromatic carbocycles. The number of benzene rings is 2. The first-order chi connectivity index (χ1) is 14.5. The van der Waals surface area contributed by atoms with Gasteiger partial charge in [0.1, 0.15) is 0 Å². The zero-order valence-corrected chi connectivity index (χ0v) is 17.3. The number of halogens is 3. The Balaban J connectivity index is 1.71. The number of carbonyl (C=O) groups is 2. The summed E-state index contributed by atoms with van der Waals surface area (Å²) in [5.74, 6) is -0.578. The van der Waals surface area contributed by atoms with Crippen molar-refractivity contribution < 1.29 is 31.2 Å². The summed E-state index contributed by atoms with van der Waals surface area (Å²) < 4.78 is 66.3. The van der Waals surface area contributed by atoms with Gasteiger partial charge in [-0.05, 0) is 36.4 Å². The van der Waals surface area contributed by atoms with Gasteiger partial charge in [-0.15, -0.1) is 0 Å². The Morgan fingerprint density at radius 1 is 0.935 bits per heavy atom. The van der Waals surface area contributed by atoms with Crippen LogP contribution in [0.1, 0.15) is 22.8 Å². The van der Waals surface area contributed by atoms with E-state index in [1.165, 1.54) is 30.0 Å². The normalized spacial score (nSPS) is 15.5. The van der Waals surface area contributed by atoms with Crippen LogP contribution in [0.5, 0.6) is 0 Å². The molecule has 31 heavy (non-hydrogen) atoms. The lowest BCUT2D eigenvalue weighted by molar-refractivity contribution is -0.140. The average molecular weight is 455 g/mol. The lowest BCUT2D eigenvalue weighted by atomic mass is 10.1. The lowest BCUT2D eigenvalue weighted by Gasteiger charge is -2.34. The molecule has 2 aromatic rings. The number of rotatable bonds is 4. The molecule has 1 aliphatic rings. The molecule has 7 nitrogen and oxygen atoms in total. The Morgan fingerprint density at radius 2 is 1.52 bits per heavy atom. The summed E-state index contributed by atoms with van der Waals surface area (Å²) in [4.78, 5) is 24.4. The molecule has 11 heteroatoms. The first kappa shape index (κ1) is 22.8. The van der Waals surface area contributed by atoms with Gasteiger partial charge in [-0.2, -0.15) is 17.5 Å². The Kier molecular flexibility index (Phi) is 6.37. The van der Waals surface area contributed by atoms with Crippen molar-refractivity contribution in [2.75, 3.05) is 31.5 Å². The molecule has 166 valence electrons. The number of hydrogen-bond donors (Lipinski definition) is 1. The van der Waals surface area contributed by atoms with Gasteiger partial charge in [0.15, 0.2) is 0 Å². The van der Waals surface area contributed by atoms with Gasteiger partial charge in [0, 0.05) is 44.4 Å². The highest BCUT2D eigenvalue weighted by Gasteiger charge is 2.39. The fourth-order valence-electron chi connectivity index (χ4n) is 3.28. The number of carbonyl (C=O) groups excluding carboxylic acids is 2. The number of hydrogen-bond acceptors (Lipinski definition) is 4. The van der Waals surface area contributed by atoms with Gasteiger partial charge >= 0.3 is 6.18 Å². The molecule has 0 spiro atoms. The number of nitrogens with one attached hydrogen (secondary N) is 1. The summed E-state index contributed by atoms with van der Waals surface area (Å²) in [6, 6.07) is 10.3. The maximum absolute atomic E-state index is 13.2. The first-order valence-electron chi connectivity index (χ1n) is 9.33. The largest absolute Gasteiger partial charge is 0.417 e. The molecule has 3 rings (SSSR count). The van der Waals surface area contributed by atoms with E-state index < -0.39 is 26.7 Å². The van der Waals surface area contributed by atoms with Crippen LogP contribution in [0.25, 0.3) is 0 Å². The van der Waals surface area contributed by atoms with E-state index in [0.717, 1.165) is 22.5 Å². The van der Waals surface area contributed by atoms with Crippen LogP contribution >= 0.6 is 0 Å². The van der Waals surface area contributed by atoms with E-state index in [1.54, 1.807) is 12.1 Å². The highest BCUT2D eigenvalue weighted by Crippen LogP contribution is 2.35. The van der Waals surface area contributed by atoms with Crippen molar-refractivity contribution >= 4 is 27.5 Å². The second kappa shape index (κ2) is 8.67. The van der Waals surface area contributed by atoms with Gasteiger partial charge in [0.2, 0.25) is 15.9 Å². The Bertz CT molecular complexity index is 1080. The molecule has 0 bridgehead atoms. The SMILES string of the molecule is CC(=O)Nc1ccc(C(=O)N2CCN(S(=O)(=O)c3ccccc3C(F)(F)F)CC2)cc1. The van der Waals surface area contributed by atoms with E-state index in [0.29, 0.717) is 11.3 Å². The van der Waals surface area contributed by atoms with Crippen molar-refractivity contribution in [1.82, 2.24) is 9.21 Å². The zero-order valence-electron chi connectivity index (χ0n) is 16.5. The Labute approximate surface area is 177 Å². The van der Waals surface area contributed by atoms with Gasteiger partial charge in [0.25, 0.3) is 5.91 Å². The lowest BCUT2D eigenvalue weighted by Crippen LogP contribution is -2.50. The second-order valence-corrected chi connectivity index (χ2v) is 8.86. The average Bonchev–Trinajstić information content (AvgIpc) is 2.73. The minimum absolute atomic E-state index is 0.0414. The van der Waals surface area contributed by atoms with Crippen molar-refractivity contribution in [2.45, 2.75) is 18.0 Å². The van der Waals surface area contributed by atoms with Crippen LogP contribution in [-0.4, -0.2) is 55.6 Å². The van der Waals surface area contributed by atoms with Gasteiger partial charge in [-0.1, -0.05) is 12.1 Å². The third kappa shape index (κ3) is 5.05. The van der Waals surface area contributed by atoms with E-state index in [1.807, 2.05) is 0 Å². The number of sulfonamides is 1. The molecule has 1 fully saturated rings. The third-order valence-corrected chi connectivity index (χ3v) is 6.75. The van der Waals surface area contributed by atoms with E-state index in [9.17, 15) is 31.2 Å². The van der Waals surface area contributed by atoms with Crippen molar-refractivity contribution in [2.24, 2.45) is 0 Å². The molecular weight excluding hydrogens is 435 g/mol. The van der Waals surface area contributed by atoms with Crippen molar-refractivity contribution in [3.05, 3.63) is 59.7 Å². The van der Waals surface area contributed by atoms with Crippen molar-refractivity contribution in [3.8, 4) is 0 Å². The van der Waals surface area contributed by atoms with Crippen LogP contribution < -0.4 is 5.32 Å². The predicted molar refractivity (Wildman–Crippen MR) is 107 cm³/mol. The van der Waals surface area contributed by atoms with E-state index >= 15 is 0 Å². The quantitative estimate of drug-likeness (QED) is 0.768. The number of piperazine rings is 1. The molecule has 1 saturated heterocycles. The highest BCUT2D eigenvalue weighted by molar-refractivity contribution is 7.89. The molecule has 0 aromatic heterocycles. The van der Waals surface area contributed by atoms with Gasteiger partial charge in [-0.25, -0.2) is 8.42 Å². The van der Waals surface area contributed by atoms with Crippen LogP contribution in [0.4, 0.5) is 18.9 Å². The predicted octanol–water partition coefficient (Wildman–Crippen LogP) is 2.81. The molecular formula is C20H20F3N3O4S. The molecule has 1 heterocycles. The molecule has 2 amide bonds. The summed E-state index contributed by atoms with van der Waals surface area (Å²) in [7, 11) is -4.37. The summed E-state index contributed by atoms with van der Waals surface area (Å²) in [6.07, 6.45) is -4.80. The third-order valence-electron chi connectivity index (χ3n) is 4.79. The maximum atomic E-state index is 13.2. The summed E-state index contributed by atoms with van der Waals surface area (Å²) >= 11 is 0. The van der Waals surface area contributed by atoms with Gasteiger partial charge < -0.3 is 10.2 Å². The van der Waals surface area contributed by atoms with Crippen LogP contribution in [-0.2, 0) is 21.0 Å². The molecule has 0 radical (unpaired) electrons. The molecule has 0 unspecified atom stereocenters. The summed E-state index contributed by atoms with van der Waals surface area (Å²) in [5, 5.41) is 2.59. The smallest absolute Gasteiger partial charge is 0.336 e. The fraction of sp³-hybridized carbons (Fsp3) is 0.300. The van der Waals surface area contributed by atoms with Crippen molar-refractivity contribution in [1.29, 1.82) is 0 Å². The van der Waals surface area contributed by atoms with Crippen LogP contribution in [0.15, 0.2) is 53.4 Å². The first-order valence-corrected chi connectivity index (χ1v) is 10.8. The standard InChI is InChI=1S/C20H20F3N3O4S/c1-14(27)24-16-8-6-15(7-9-16)19(28)25-10-12-26(13-11-25)31(29,30)18-5-3-2-4-17(18)20(21,22)23/h2-9H,10-13H2,1H3,(H,24,27). The summed E-state index contributed by atoms with van der Waals surface area (Å²) in [6.45, 7) is 1.20. The highest BCUT2D eigenvalue weighted by atomic mass is 32.2. The Morgan fingerprint density at radius 3 is 2.06 bits per heavy atom.